The van der Waals surface area contributed by atoms with Crippen molar-refractivity contribution < 1.29 is 4.79 Å². The number of benzene rings is 3. The molecular formula is C28H32N4OS. The topological polar surface area (TPSA) is 70.4 Å². The van der Waals surface area contributed by atoms with E-state index in [1.54, 1.807) is 11.8 Å². The SMILES string of the molecule is NCCN1CCC(Nc2cc(C(=O)CNc3ccccc3)cc3c2Cc2ccccc2S3)CC1. The van der Waals surface area contributed by atoms with Gasteiger partial charge in [-0.2, -0.15) is 0 Å². The number of nitrogens with zero attached hydrogens (tertiary/aromatic N) is 1. The first-order valence-corrected chi connectivity index (χ1v) is 12.9. The van der Waals surface area contributed by atoms with Crippen molar-refractivity contribution in [1.82, 2.24) is 4.90 Å². The Kier molecular flexibility index (Phi) is 7.19. The smallest absolute Gasteiger partial charge is 0.181 e. The molecule has 176 valence electrons. The van der Waals surface area contributed by atoms with E-state index in [4.69, 9.17) is 5.73 Å². The summed E-state index contributed by atoms with van der Waals surface area (Å²) in [5.74, 6) is 0.104. The number of carbonyl (C=O) groups is 1. The number of ketones is 1. The standard InChI is InChI=1S/C28H32N4OS/c29-12-15-32-13-10-23(11-14-32)31-25-17-21(26(33)19-30-22-7-2-1-3-8-22)18-28-24(25)16-20-6-4-5-9-27(20)34-28/h1-9,17-18,23,30-31H,10-16,19,29H2. The number of nitrogens with one attached hydrogen (secondary N) is 2. The second-order valence-electron chi connectivity index (χ2n) is 9.08. The van der Waals surface area contributed by atoms with Gasteiger partial charge in [-0.05, 0) is 54.3 Å². The van der Waals surface area contributed by atoms with Crippen molar-refractivity contribution in [2.75, 3.05) is 43.4 Å². The van der Waals surface area contributed by atoms with Crippen LogP contribution in [0.15, 0.2) is 76.5 Å². The van der Waals surface area contributed by atoms with Crippen molar-refractivity contribution in [3.8, 4) is 0 Å². The number of anilines is 2. The zero-order valence-corrected chi connectivity index (χ0v) is 20.2. The molecule has 0 amide bonds. The van der Waals surface area contributed by atoms with Crippen LogP contribution in [0.1, 0.15) is 34.3 Å². The Bertz CT molecular complexity index is 1140. The van der Waals surface area contributed by atoms with Crippen molar-refractivity contribution in [3.63, 3.8) is 0 Å². The normalized spacial score (nSPS) is 15.9. The molecule has 6 heteroatoms. The van der Waals surface area contributed by atoms with Crippen LogP contribution in [0.25, 0.3) is 0 Å². The molecule has 1 saturated heterocycles. The molecule has 2 heterocycles. The first-order chi connectivity index (χ1) is 16.7. The zero-order valence-electron chi connectivity index (χ0n) is 19.4. The van der Waals surface area contributed by atoms with Crippen LogP contribution in [0.5, 0.6) is 0 Å². The fraction of sp³-hybridized carbons (Fsp3) is 0.321. The van der Waals surface area contributed by atoms with E-state index in [1.165, 1.54) is 20.9 Å². The maximum Gasteiger partial charge on any atom is 0.181 e. The van der Waals surface area contributed by atoms with Gasteiger partial charge in [0.05, 0.1) is 6.54 Å². The molecule has 0 saturated carbocycles. The molecule has 0 aliphatic carbocycles. The molecule has 0 atom stereocenters. The molecule has 2 aliphatic heterocycles. The predicted molar refractivity (Wildman–Crippen MR) is 141 cm³/mol. The Morgan fingerprint density at radius 2 is 1.76 bits per heavy atom. The van der Waals surface area contributed by atoms with Gasteiger partial charge in [-0.15, -0.1) is 0 Å². The van der Waals surface area contributed by atoms with Crippen LogP contribution in [0.2, 0.25) is 0 Å². The molecule has 0 bridgehead atoms. The van der Waals surface area contributed by atoms with Crippen LogP contribution in [0, 0.1) is 0 Å². The Morgan fingerprint density at radius 1 is 1.00 bits per heavy atom. The maximum absolute atomic E-state index is 13.2. The minimum Gasteiger partial charge on any atom is -0.382 e. The minimum absolute atomic E-state index is 0.104. The van der Waals surface area contributed by atoms with Crippen LogP contribution in [0.4, 0.5) is 11.4 Å². The van der Waals surface area contributed by atoms with E-state index in [0.717, 1.165) is 55.8 Å². The monoisotopic (exact) mass is 472 g/mol. The Hall–Kier alpha value is -2.80. The number of likely N-dealkylation sites (tertiary alicyclic amines) is 1. The molecule has 3 aromatic rings. The summed E-state index contributed by atoms with van der Waals surface area (Å²) in [6.45, 7) is 4.08. The molecule has 1 fully saturated rings. The number of piperidine rings is 1. The fourth-order valence-electron chi connectivity index (χ4n) is 4.81. The molecule has 3 aromatic carbocycles. The molecule has 5 rings (SSSR count). The number of rotatable bonds is 8. The fourth-order valence-corrected chi connectivity index (χ4v) is 5.96. The highest BCUT2D eigenvalue weighted by molar-refractivity contribution is 7.99. The van der Waals surface area contributed by atoms with E-state index >= 15 is 0 Å². The summed E-state index contributed by atoms with van der Waals surface area (Å²) in [5.41, 5.74) is 11.2. The highest BCUT2D eigenvalue weighted by Crippen LogP contribution is 2.43. The highest BCUT2D eigenvalue weighted by Gasteiger charge is 2.24. The second-order valence-corrected chi connectivity index (χ2v) is 10.2. The molecule has 2 aliphatic rings. The first-order valence-electron chi connectivity index (χ1n) is 12.1. The van der Waals surface area contributed by atoms with Crippen LogP contribution in [-0.4, -0.2) is 49.4 Å². The van der Waals surface area contributed by atoms with Gasteiger partial charge in [-0.1, -0.05) is 48.2 Å². The van der Waals surface area contributed by atoms with E-state index in [0.29, 0.717) is 12.6 Å². The number of hydrogen-bond acceptors (Lipinski definition) is 6. The van der Waals surface area contributed by atoms with Crippen LogP contribution < -0.4 is 16.4 Å². The number of fused-ring (bicyclic) bond motifs is 2. The van der Waals surface area contributed by atoms with E-state index < -0.39 is 0 Å². The minimum atomic E-state index is 0.104. The summed E-state index contributed by atoms with van der Waals surface area (Å²) in [7, 11) is 0. The Labute approximate surface area is 206 Å². The van der Waals surface area contributed by atoms with Gasteiger partial charge in [-0.3, -0.25) is 4.79 Å². The maximum atomic E-state index is 13.2. The molecular weight excluding hydrogens is 440 g/mol. The van der Waals surface area contributed by atoms with Crippen molar-refractivity contribution >= 4 is 28.9 Å². The third-order valence-electron chi connectivity index (χ3n) is 6.71. The predicted octanol–water partition coefficient (Wildman–Crippen LogP) is 4.87. The van der Waals surface area contributed by atoms with Gasteiger partial charge in [0.2, 0.25) is 0 Å². The van der Waals surface area contributed by atoms with E-state index in [-0.39, 0.29) is 12.3 Å². The Balaban J connectivity index is 1.38. The molecule has 0 unspecified atom stereocenters. The van der Waals surface area contributed by atoms with Gasteiger partial charge in [0.25, 0.3) is 0 Å². The van der Waals surface area contributed by atoms with E-state index in [1.807, 2.05) is 30.3 Å². The molecule has 0 spiro atoms. The summed E-state index contributed by atoms with van der Waals surface area (Å²) in [6.07, 6.45) is 3.07. The zero-order chi connectivity index (χ0) is 23.3. The summed E-state index contributed by atoms with van der Waals surface area (Å²) in [5, 5.41) is 7.09. The van der Waals surface area contributed by atoms with Crippen LogP contribution in [0.3, 0.4) is 0 Å². The average molecular weight is 473 g/mol. The van der Waals surface area contributed by atoms with Crippen molar-refractivity contribution in [2.45, 2.75) is 35.1 Å². The lowest BCUT2D eigenvalue weighted by atomic mass is 9.97. The van der Waals surface area contributed by atoms with E-state index in [2.05, 4.69) is 51.9 Å². The highest BCUT2D eigenvalue weighted by atomic mass is 32.2. The number of Topliss-reactive ketones (excluding diaryl/α,β-unsaturated/α-hetero) is 1. The summed E-state index contributed by atoms with van der Waals surface area (Å²) >= 11 is 1.78. The molecule has 34 heavy (non-hydrogen) atoms. The van der Waals surface area contributed by atoms with Crippen molar-refractivity contribution in [2.24, 2.45) is 5.73 Å². The lowest BCUT2D eigenvalue weighted by molar-refractivity contribution is 0.101. The van der Waals surface area contributed by atoms with Crippen LogP contribution in [-0.2, 0) is 6.42 Å². The third-order valence-corrected chi connectivity index (χ3v) is 7.91. The molecule has 0 radical (unpaired) electrons. The van der Waals surface area contributed by atoms with Crippen molar-refractivity contribution in [3.05, 3.63) is 83.4 Å². The molecule has 4 N–H and O–H groups in total. The summed E-state index contributed by atoms with van der Waals surface area (Å²) < 4.78 is 0. The van der Waals surface area contributed by atoms with Gasteiger partial charge in [0.1, 0.15) is 0 Å². The van der Waals surface area contributed by atoms with Gasteiger partial charge in [-0.25, -0.2) is 0 Å². The van der Waals surface area contributed by atoms with E-state index in [9.17, 15) is 4.79 Å². The van der Waals surface area contributed by atoms with Gasteiger partial charge >= 0.3 is 0 Å². The number of carbonyl (C=O) groups excluding carboxylic acids is 1. The number of hydrogen-bond donors (Lipinski definition) is 3. The lowest BCUT2D eigenvalue weighted by Gasteiger charge is -2.33. The number of nitrogens with two attached hydrogens (primary N) is 1. The Morgan fingerprint density at radius 3 is 2.56 bits per heavy atom. The number of para-hydroxylation sites is 1. The lowest BCUT2D eigenvalue weighted by Crippen LogP contribution is -2.41. The largest absolute Gasteiger partial charge is 0.382 e. The van der Waals surface area contributed by atoms with Gasteiger partial charge < -0.3 is 21.3 Å². The van der Waals surface area contributed by atoms with Gasteiger partial charge in [0, 0.05) is 65.4 Å². The third kappa shape index (κ3) is 5.30. The summed E-state index contributed by atoms with van der Waals surface area (Å²) in [6, 6.07) is 23.0. The summed E-state index contributed by atoms with van der Waals surface area (Å²) in [4.78, 5) is 18.1. The average Bonchev–Trinajstić information content (AvgIpc) is 2.88. The first kappa shape index (κ1) is 23.0. The van der Waals surface area contributed by atoms with Crippen molar-refractivity contribution in [1.29, 1.82) is 0 Å². The second kappa shape index (κ2) is 10.6. The molecule has 5 nitrogen and oxygen atoms in total. The van der Waals surface area contributed by atoms with Gasteiger partial charge in [0.15, 0.2) is 5.78 Å². The molecule has 0 aromatic heterocycles. The quantitative estimate of drug-likeness (QED) is 0.318. The van der Waals surface area contributed by atoms with Crippen LogP contribution >= 0.6 is 11.8 Å².